The molecule has 0 saturated carbocycles. The van der Waals surface area contributed by atoms with Crippen LogP contribution in [-0.4, -0.2) is 90.8 Å². The lowest BCUT2D eigenvalue weighted by atomic mass is 9.78. The second-order valence-corrected chi connectivity index (χ2v) is 8.23. The number of esters is 5. The maximum absolute atomic E-state index is 12.8. The Kier molecular flexibility index (Phi) is 11.7. The lowest BCUT2D eigenvalue weighted by Gasteiger charge is -2.50. The topological polar surface area (TPSA) is 190 Å². The van der Waals surface area contributed by atoms with Gasteiger partial charge in [-0.05, 0) is 6.42 Å². The van der Waals surface area contributed by atoms with Gasteiger partial charge in [-0.1, -0.05) is 6.08 Å². The molecule has 1 aliphatic rings. The largest absolute Gasteiger partial charge is 0.465 e. The smallest absolute Gasteiger partial charge is 0.366 e. The zero-order valence-corrected chi connectivity index (χ0v) is 21.5. The third-order valence-corrected chi connectivity index (χ3v) is 5.25. The highest BCUT2D eigenvalue weighted by molar-refractivity contribution is 5.79. The van der Waals surface area contributed by atoms with Crippen molar-refractivity contribution in [3.8, 4) is 0 Å². The van der Waals surface area contributed by atoms with E-state index in [1.165, 1.54) is 6.08 Å². The van der Waals surface area contributed by atoms with Gasteiger partial charge in [0.05, 0.1) is 19.1 Å². The number of amides is 1. The van der Waals surface area contributed by atoms with Crippen molar-refractivity contribution in [2.24, 2.45) is 5.92 Å². The molecule has 0 aromatic rings. The maximum Gasteiger partial charge on any atom is 0.366 e. The van der Waals surface area contributed by atoms with Crippen LogP contribution in [0.15, 0.2) is 12.7 Å². The Morgan fingerprint density at radius 1 is 1.00 bits per heavy atom. The number of hydrogen-bond acceptors (Lipinski definition) is 13. The SMILES string of the molecule is C=CC[C@H]1[C@H](OC(C)=O)[C@@H](NC(C)=O)[C@H]([C@H](OC(C)=O)[C@@H](COC(C)=O)OC(C)=O)O[C@]1(O)C(=O)OC. The predicted molar refractivity (Wildman–Crippen MR) is 121 cm³/mol. The number of carbonyl (C=O) groups excluding carboxylic acids is 6. The molecule has 37 heavy (non-hydrogen) atoms. The second-order valence-electron chi connectivity index (χ2n) is 8.23. The summed E-state index contributed by atoms with van der Waals surface area (Å²) >= 11 is 0. The van der Waals surface area contributed by atoms with E-state index in [4.69, 9.17) is 28.4 Å². The van der Waals surface area contributed by atoms with Crippen LogP contribution in [0.25, 0.3) is 0 Å². The maximum atomic E-state index is 12.8. The number of rotatable bonds is 11. The number of ether oxygens (including phenoxy) is 6. The molecule has 1 aliphatic heterocycles. The molecule has 2 N–H and O–H groups in total. The second kappa shape index (κ2) is 13.7. The van der Waals surface area contributed by atoms with Crippen molar-refractivity contribution in [1.29, 1.82) is 0 Å². The number of methoxy groups -OCH3 is 1. The summed E-state index contributed by atoms with van der Waals surface area (Å²) in [6.45, 7) is 8.26. The molecule has 1 amide bonds. The number of hydrogen-bond donors (Lipinski definition) is 2. The lowest BCUT2D eigenvalue weighted by Crippen LogP contribution is -2.72. The zero-order chi connectivity index (χ0) is 28.5. The van der Waals surface area contributed by atoms with E-state index in [-0.39, 0.29) is 6.42 Å². The van der Waals surface area contributed by atoms with Gasteiger partial charge in [-0.2, -0.15) is 0 Å². The summed E-state index contributed by atoms with van der Waals surface area (Å²) in [6.07, 6.45) is -5.26. The van der Waals surface area contributed by atoms with Gasteiger partial charge in [0.1, 0.15) is 18.8 Å². The van der Waals surface area contributed by atoms with Crippen LogP contribution < -0.4 is 5.32 Å². The van der Waals surface area contributed by atoms with E-state index in [0.29, 0.717) is 0 Å². The van der Waals surface area contributed by atoms with E-state index in [0.717, 1.165) is 41.7 Å². The van der Waals surface area contributed by atoms with Crippen LogP contribution in [-0.2, 0) is 57.2 Å². The Morgan fingerprint density at radius 2 is 1.59 bits per heavy atom. The fraction of sp³-hybridized carbons (Fsp3) is 0.652. The van der Waals surface area contributed by atoms with Crippen molar-refractivity contribution >= 4 is 35.8 Å². The molecule has 1 fully saturated rings. The molecule has 1 saturated heterocycles. The van der Waals surface area contributed by atoms with Gasteiger partial charge >= 0.3 is 29.8 Å². The van der Waals surface area contributed by atoms with Crippen LogP contribution in [0.3, 0.4) is 0 Å². The molecule has 1 heterocycles. The molecule has 14 nitrogen and oxygen atoms in total. The number of allylic oxidation sites excluding steroid dienone is 1. The molecular weight excluding hydrogens is 498 g/mol. The summed E-state index contributed by atoms with van der Waals surface area (Å²) in [7, 11) is 0.969. The van der Waals surface area contributed by atoms with Crippen molar-refractivity contribution in [3.63, 3.8) is 0 Å². The van der Waals surface area contributed by atoms with Gasteiger partial charge in [0.25, 0.3) is 5.79 Å². The Labute approximate surface area is 213 Å². The molecule has 208 valence electrons. The van der Waals surface area contributed by atoms with Gasteiger partial charge in [0, 0.05) is 34.6 Å². The number of nitrogens with one attached hydrogen (secondary N) is 1. The summed E-state index contributed by atoms with van der Waals surface area (Å²) in [5, 5.41) is 13.9. The van der Waals surface area contributed by atoms with E-state index in [2.05, 4.69) is 11.9 Å². The first-order chi connectivity index (χ1) is 17.2. The summed E-state index contributed by atoms with van der Waals surface area (Å²) in [6, 6.07) is -1.38. The van der Waals surface area contributed by atoms with Crippen molar-refractivity contribution < 1.29 is 62.3 Å². The van der Waals surface area contributed by atoms with Gasteiger partial charge in [-0.3, -0.25) is 24.0 Å². The van der Waals surface area contributed by atoms with E-state index in [9.17, 15) is 33.9 Å². The van der Waals surface area contributed by atoms with Gasteiger partial charge in [0.15, 0.2) is 12.2 Å². The van der Waals surface area contributed by atoms with Crippen LogP contribution in [0.2, 0.25) is 0 Å². The summed E-state index contributed by atoms with van der Waals surface area (Å²) < 4.78 is 31.4. The Morgan fingerprint density at radius 3 is 2.03 bits per heavy atom. The Balaban J connectivity index is 3.86. The molecule has 0 aliphatic carbocycles. The molecule has 0 unspecified atom stereocenters. The van der Waals surface area contributed by atoms with Crippen LogP contribution in [0, 0.1) is 5.92 Å². The molecular formula is C23H33NO13. The van der Waals surface area contributed by atoms with Crippen LogP contribution in [0.1, 0.15) is 41.0 Å². The van der Waals surface area contributed by atoms with Gasteiger partial charge < -0.3 is 38.8 Å². The first kappa shape index (κ1) is 31.5. The molecule has 7 atom stereocenters. The Hall–Kier alpha value is -3.52. The minimum absolute atomic E-state index is 0.161. The quantitative estimate of drug-likeness (QED) is 0.194. The van der Waals surface area contributed by atoms with Crippen molar-refractivity contribution in [3.05, 3.63) is 12.7 Å². The minimum Gasteiger partial charge on any atom is -0.465 e. The third kappa shape index (κ3) is 8.53. The van der Waals surface area contributed by atoms with E-state index >= 15 is 0 Å². The summed E-state index contributed by atoms with van der Waals surface area (Å²) in [5.41, 5.74) is 0. The highest BCUT2D eigenvalue weighted by atomic mass is 16.7. The molecule has 0 spiro atoms. The molecule has 0 aromatic heterocycles. The molecule has 0 radical (unpaired) electrons. The van der Waals surface area contributed by atoms with Crippen LogP contribution >= 0.6 is 0 Å². The minimum atomic E-state index is -2.82. The van der Waals surface area contributed by atoms with Gasteiger partial charge in [0.2, 0.25) is 5.91 Å². The van der Waals surface area contributed by atoms with Crippen LogP contribution in [0.5, 0.6) is 0 Å². The monoisotopic (exact) mass is 531 g/mol. The standard InChI is InChI=1S/C23H33NO13/c1-8-9-16-19(35-14(5)28)18(24-11(2)25)21(37-23(16,31)22(30)32-7)20(36-15(6)29)17(34-13(4)27)10-33-12(3)26/h8,16-21,31H,1,9-10H2,2-7H3,(H,24,25)/t16-,17+,18+,19-,20+,21+,23-/m0/s1. The summed E-state index contributed by atoms with van der Waals surface area (Å²) in [5.74, 6) is -9.52. The van der Waals surface area contributed by atoms with E-state index in [1.54, 1.807) is 0 Å². The zero-order valence-electron chi connectivity index (χ0n) is 21.5. The lowest BCUT2D eigenvalue weighted by molar-refractivity contribution is -0.322. The Bertz CT molecular complexity index is 903. The van der Waals surface area contributed by atoms with Crippen LogP contribution in [0.4, 0.5) is 0 Å². The highest BCUT2D eigenvalue weighted by Gasteiger charge is 2.63. The van der Waals surface area contributed by atoms with Crippen molar-refractivity contribution in [2.75, 3.05) is 13.7 Å². The van der Waals surface area contributed by atoms with Gasteiger partial charge in [-0.15, -0.1) is 6.58 Å². The number of carbonyl (C=O) groups is 6. The van der Waals surface area contributed by atoms with E-state index in [1.807, 2.05) is 0 Å². The molecule has 0 bridgehead atoms. The first-order valence-electron chi connectivity index (χ1n) is 11.2. The fourth-order valence-electron chi connectivity index (χ4n) is 4.02. The van der Waals surface area contributed by atoms with Crippen molar-refractivity contribution in [2.45, 2.75) is 77.3 Å². The third-order valence-electron chi connectivity index (χ3n) is 5.25. The first-order valence-corrected chi connectivity index (χ1v) is 11.2. The molecule has 14 heteroatoms. The van der Waals surface area contributed by atoms with Gasteiger partial charge in [-0.25, -0.2) is 4.79 Å². The summed E-state index contributed by atoms with van der Waals surface area (Å²) in [4.78, 5) is 72.3. The van der Waals surface area contributed by atoms with E-state index < -0.39 is 84.5 Å². The molecule has 1 rings (SSSR count). The molecule has 0 aromatic carbocycles. The average Bonchev–Trinajstić information content (AvgIpc) is 2.77. The van der Waals surface area contributed by atoms with Crippen molar-refractivity contribution in [1.82, 2.24) is 5.32 Å². The predicted octanol–water partition coefficient (Wildman–Crippen LogP) is -0.698. The number of aliphatic hydroxyl groups is 1. The normalized spacial score (nSPS) is 26.5. The average molecular weight is 532 g/mol. The fourth-order valence-corrected chi connectivity index (χ4v) is 4.02. The highest BCUT2D eigenvalue weighted by Crippen LogP contribution is 2.40.